The van der Waals surface area contributed by atoms with E-state index in [2.05, 4.69) is 4.90 Å². The second-order valence-electron chi connectivity index (χ2n) is 2.73. The molecule has 0 aromatic carbocycles. The predicted molar refractivity (Wildman–Crippen MR) is 51.0 cm³/mol. The van der Waals surface area contributed by atoms with Gasteiger partial charge in [-0.25, -0.2) is 0 Å². The van der Waals surface area contributed by atoms with Crippen LogP contribution in [0.3, 0.4) is 0 Å². The maximum absolute atomic E-state index is 7.03. The number of rotatable bonds is 3. The van der Waals surface area contributed by atoms with Gasteiger partial charge in [0.25, 0.3) is 0 Å². The average molecular weight is 194 g/mol. The molecule has 1 heterocycles. The SMILES string of the molecule is Cl.N=C(N)CCN1CCOCC1. The van der Waals surface area contributed by atoms with Crippen LogP contribution in [0.2, 0.25) is 0 Å². The molecule has 1 aliphatic heterocycles. The van der Waals surface area contributed by atoms with E-state index in [4.69, 9.17) is 15.9 Å². The minimum atomic E-state index is 0. The van der Waals surface area contributed by atoms with Gasteiger partial charge >= 0.3 is 0 Å². The molecule has 0 aromatic rings. The topological polar surface area (TPSA) is 62.3 Å². The zero-order chi connectivity index (χ0) is 8.10. The minimum absolute atomic E-state index is 0. The molecule has 0 radical (unpaired) electrons. The van der Waals surface area contributed by atoms with Gasteiger partial charge in [-0.15, -0.1) is 12.4 Å². The van der Waals surface area contributed by atoms with Gasteiger partial charge in [0.2, 0.25) is 0 Å². The number of hydrogen-bond acceptors (Lipinski definition) is 3. The monoisotopic (exact) mass is 193 g/mol. The fourth-order valence-corrected chi connectivity index (χ4v) is 1.10. The Balaban J connectivity index is 0.00000121. The first-order valence-electron chi connectivity index (χ1n) is 3.92. The smallest absolute Gasteiger partial charge is 0.0918 e. The number of halogens is 1. The van der Waals surface area contributed by atoms with Gasteiger partial charge in [0, 0.05) is 26.1 Å². The number of nitrogens with zero attached hydrogens (tertiary/aromatic N) is 1. The summed E-state index contributed by atoms with van der Waals surface area (Å²) in [5.41, 5.74) is 5.23. The molecule has 72 valence electrons. The van der Waals surface area contributed by atoms with Gasteiger partial charge in [-0.05, 0) is 0 Å². The Bertz CT molecular complexity index is 137. The van der Waals surface area contributed by atoms with Crippen LogP contribution in [0.1, 0.15) is 6.42 Å². The van der Waals surface area contributed by atoms with E-state index in [0.29, 0.717) is 6.42 Å². The quantitative estimate of drug-likeness (QED) is 0.493. The minimum Gasteiger partial charge on any atom is -0.388 e. The van der Waals surface area contributed by atoms with Crippen LogP contribution in [0.25, 0.3) is 0 Å². The highest BCUT2D eigenvalue weighted by Gasteiger charge is 2.09. The van der Waals surface area contributed by atoms with Crippen LogP contribution in [-0.4, -0.2) is 43.6 Å². The van der Waals surface area contributed by atoms with E-state index in [0.717, 1.165) is 32.8 Å². The summed E-state index contributed by atoms with van der Waals surface area (Å²) in [6.45, 7) is 4.50. The Kier molecular flexibility index (Phi) is 6.06. The van der Waals surface area contributed by atoms with Crippen LogP contribution in [0, 0.1) is 5.41 Å². The summed E-state index contributed by atoms with van der Waals surface area (Å²) in [4.78, 5) is 2.27. The molecule has 0 aromatic heterocycles. The number of amidine groups is 1. The van der Waals surface area contributed by atoms with Gasteiger partial charge in [0.05, 0.1) is 19.0 Å². The highest BCUT2D eigenvalue weighted by atomic mass is 35.5. The van der Waals surface area contributed by atoms with E-state index < -0.39 is 0 Å². The first kappa shape index (κ1) is 11.7. The Morgan fingerprint density at radius 1 is 1.42 bits per heavy atom. The number of nitrogens with two attached hydrogens (primary N) is 1. The van der Waals surface area contributed by atoms with Crippen LogP contribution in [0.4, 0.5) is 0 Å². The molecule has 0 spiro atoms. The molecule has 0 atom stereocenters. The van der Waals surface area contributed by atoms with E-state index in [1.54, 1.807) is 0 Å². The highest BCUT2D eigenvalue weighted by Crippen LogP contribution is 1.96. The van der Waals surface area contributed by atoms with Crippen LogP contribution in [0.15, 0.2) is 0 Å². The molecule has 12 heavy (non-hydrogen) atoms. The number of nitrogens with one attached hydrogen (secondary N) is 1. The van der Waals surface area contributed by atoms with E-state index in [1.807, 2.05) is 0 Å². The van der Waals surface area contributed by atoms with Crippen molar-refractivity contribution in [2.75, 3.05) is 32.8 Å². The van der Waals surface area contributed by atoms with E-state index in [-0.39, 0.29) is 18.2 Å². The van der Waals surface area contributed by atoms with Crippen molar-refractivity contribution in [1.29, 1.82) is 5.41 Å². The lowest BCUT2D eigenvalue weighted by atomic mass is 10.3. The molecule has 1 aliphatic rings. The summed E-state index contributed by atoms with van der Waals surface area (Å²) in [5.74, 6) is 0.275. The maximum Gasteiger partial charge on any atom is 0.0918 e. The summed E-state index contributed by atoms with van der Waals surface area (Å²) in [6, 6.07) is 0. The lowest BCUT2D eigenvalue weighted by Gasteiger charge is -2.26. The van der Waals surface area contributed by atoms with Crippen molar-refractivity contribution in [1.82, 2.24) is 4.90 Å². The molecular formula is C7H16ClN3O. The van der Waals surface area contributed by atoms with Gasteiger partial charge in [0.1, 0.15) is 0 Å². The first-order chi connectivity index (χ1) is 5.29. The standard InChI is InChI=1S/C7H15N3O.ClH/c8-7(9)1-2-10-3-5-11-6-4-10;/h1-6H2,(H3,8,9);1H. The molecule has 3 N–H and O–H groups in total. The molecule has 1 fully saturated rings. The third-order valence-corrected chi connectivity index (χ3v) is 1.80. The van der Waals surface area contributed by atoms with Gasteiger partial charge in [-0.1, -0.05) is 0 Å². The number of ether oxygens (including phenoxy) is 1. The van der Waals surface area contributed by atoms with Crippen molar-refractivity contribution in [3.63, 3.8) is 0 Å². The summed E-state index contributed by atoms with van der Waals surface area (Å²) in [6.07, 6.45) is 0.681. The maximum atomic E-state index is 7.03. The van der Waals surface area contributed by atoms with Crippen molar-refractivity contribution in [2.24, 2.45) is 5.73 Å². The van der Waals surface area contributed by atoms with E-state index in [1.165, 1.54) is 0 Å². The number of morpholine rings is 1. The zero-order valence-corrected chi connectivity index (χ0v) is 7.90. The Morgan fingerprint density at radius 3 is 2.50 bits per heavy atom. The summed E-state index contributed by atoms with van der Waals surface area (Å²) in [7, 11) is 0. The molecule has 0 amide bonds. The largest absolute Gasteiger partial charge is 0.388 e. The van der Waals surface area contributed by atoms with Crippen LogP contribution in [-0.2, 0) is 4.74 Å². The third kappa shape index (κ3) is 4.54. The van der Waals surface area contributed by atoms with Gasteiger partial charge in [-0.2, -0.15) is 0 Å². The fraction of sp³-hybridized carbons (Fsp3) is 0.857. The Labute approximate surface area is 79.0 Å². The van der Waals surface area contributed by atoms with Crippen molar-refractivity contribution >= 4 is 18.2 Å². The summed E-state index contributed by atoms with van der Waals surface area (Å²) < 4.78 is 5.18. The lowest BCUT2D eigenvalue weighted by molar-refractivity contribution is 0.0391. The van der Waals surface area contributed by atoms with E-state index in [9.17, 15) is 0 Å². The molecule has 0 saturated carbocycles. The average Bonchev–Trinajstić information content (AvgIpc) is 2.03. The number of hydrogen-bond donors (Lipinski definition) is 2. The second-order valence-corrected chi connectivity index (χ2v) is 2.73. The summed E-state index contributed by atoms with van der Waals surface area (Å²) in [5, 5.41) is 7.03. The molecule has 0 aliphatic carbocycles. The second kappa shape index (κ2) is 6.22. The van der Waals surface area contributed by atoms with Crippen LogP contribution < -0.4 is 5.73 Å². The van der Waals surface area contributed by atoms with Crippen molar-refractivity contribution in [3.05, 3.63) is 0 Å². The molecule has 5 heteroatoms. The van der Waals surface area contributed by atoms with Gasteiger partial charge in [-0.3, -0.25) is 10.3 Å². The normalized spacial score (nSPS) is 18.3. The molecule has 1 rings (SSSR count). The van der Waals surface area contributed by atoms with Crippen molar-refractivity contribution in [3.8, 4) is 0 Å². The first-order valence-corrected chi connectivity index (χ1v) is 3.92. The zero-order valence-electron chi connectivity index (χ0n) is 7.08. The third-order valence-electron chi connectivity index (χ3n) is 1.80. The van der Waals surface area contributed by atoms with Crippen molar-refractivity contribution in [2.45, 2.75) is 6.42 Å². The van der Waals surface area contributed by atoms with Crippen molar-refractivity contribution < 1.29 is 4.74 Å². The lowest BCUT2D eigenvalue weighted by Crippen LogP contribution is -2.38. The Morgan fingerprint density at radius 2 is 2.00 bits per heavy atom. The van der Waals surface area contributed by atoms with Gasteiger partial charge in [0.15, 0.2) is 0 Å². The van der Waals surface area contributed by atoms with Crippen LogP contribution >= 0.6 is 12.4 Å². The molecule has 0 bridgehead atoms. The van der Waals surface area contributed by atoms with Gasteiger partial charge < -0.3 is 10.5 Å². The molecular weight excluding hydrogens is 178 g/mol. The summed E-state index contributed by atoms with van der Waals surface area (Å²) >= 11 is 0. The highest BCUT2D eigenvalue weighted by molar-refractivity contribution is 5.85. The van der Waals surface area contributed by atoms with Crippen LogP contribution in [0.5, 0.6) is 0 Å². The molecule has 4 nitrogen and oxygen atoms in total. The fourth-order valence-electron chi connectivity index (χ4n) is 1.10. The molecule has 1 saturated heterocycles. The predicted octanol–water partition coefficient (Wildman–Crippen LogP) is 0.0665. The van der Waals surface area contributed by atoms with E-state index >= 15 is 0 Å². The Hall–Kier alpha value is -0.320. The molecule has 0 unspecified atom stereocenters.